The van der Waals surface area contributed by atoms with E-state index in [-0.39, 0.29) is 18.0 Å². The van der Waals surface area contributed by atoms with E-state index in [2.05, 4.69) is 45.3 Å². The van der Waals surface area contributed by atoms with Crippen molar-refractivity contribution in [3.05, 3.63) is 33.4 Å². The Balaban J connectivity index is 1.99. The van der Waals surface area contributed by atoms with Gasteiger partial charge in [0.05, 0.1) is 0 Å². The smallest absolute Gasteiger partial charge is 0.315 e. The van der Waals surface area contributed by atoms with Crippen LogP contribution in [0.4, 0.5) is 4.79 Å². The standard InChI is InChI=1S/C19H29N3O2/c1-11-12(2)14(4)17(15(5)13(11)3)9-20-19(24)21-16-7-8-18(23)22(6)10-16/h16H,7-10H2,1-6H3,(H2,20,21,24). The highest BCUT2D eigenvalue weighted by atomic mass is 16.2. The first-order valence-corrected chi connectivity index (χ1v) is 8.56. The highest BCUT2D eigenvalue weighted by Gasteiger charge is 2.24. The number of hydrogen-bond donors (Lipinski definition) is 2. The maximum absolute atomic E-state index is 12.2. The lowest BCUT2D eigenvalue weighted by Crippen LogP contribution is -2.51. The van der Waals surface area contributed by atoms with Crippen LogP contribution >= 0.6 is 0 Å². The molecular weight excluding hydrogens is 302 g/mol. The summed E-state index contributed by atoms with van der Waals surface area (Å²) in [5, 5.41) is 5.95. The third-order valence-electron chi connectivity index (χ3n) is 5.54. The van der Waals surface area contributed by atoms with Crippen molar-refractivity contribution in [3.8, 4) is 0 Å². The molecule has 5 heteroatoms. The van der Waals surface area contributed by atoms with Gasteiger partial charge in [-0.3, -0.25) is 4.79 Å². The number of rotatable bonds is 3. The minimum Gasteiger partial charge on any atom is -0.344 e. The summed E-state index contributed by atoms with van der Waals surface area (Å²) in [6.07, 6.45) is 1.20. The van der Waals surface area contributed by atoms with Gasteiger partial charge in [0.15, 0.2) is 0 Å². The zero-order valence-electron chi connectivity index (χ0n) is 15.7. The number of likely N-dealkylation sites (tertiary alicyclic amines) is 1. The van der Waals surface area contributed by atoms with Crippen LogP contribution in [0.2, 0.25) is 0 Å². The number of amides is 3. The molecule has 5 nitrogen and oxygen atoms in total. The summed E-state index contributed by atoms with van der Waals surface area (Å²) in [6.45, 7) is 11.7. The molecule has 0 saturated carbocycles. The zero-order chi connectivity index (χ0) is 18.0. The number of nitrogens with zero attached hydrogens (tertiary/aromatic N) is 1. The summed E-state index contributed by atoms with van der Waals surface area (Å²) < 4.78 is 0. The van der Waals surface area contributed by atoms with Crippen molar-refractivity contribution in [2.75, 3.05) is 13.6 Å². The minimum absolute atomic E-state index is 0.0244. The van der Waals surface area contributed by atoms with Crippen LogP contribution in [-0.4, -0.2) is 36.5 Å². The van der Waals surface area contributed by atoms with Crippen LogP contribution in [0.25, 0.3) is 0 Å². The molecule has 132 valence electrons. The van der Waals surface area contributed by atoms with E-state index in [4.69, 9.17) is 0 Å². The Morgan fingerprint density at radius 3 is 2.12 bits per heavy atom. The molecule has 1 aliphatic heterocycles. The van der Waals surface area contributed by atoms with Crippen LogP contribution in [0, 0.1) is 34.6 Å². The third kappa shape index (κ3) is 3.71. The lowest BCUT2D eigenvalue weighted by atomic mass is 9.89. The van der Waals surface area contributed by atoms with Gasteiger partial charge in [-0.1, -0.05) is 0 Å². The second kappa shape index (κ2) is 7.24. The second-order valence-corrected chi connectivity index (χ2v) is 6.94. The quantitative estimate of drug-likeness (QED) is 0.894. The lowest BCUT2D eigenvalue weighted by molar-refractivity contribution is -0.132. The highest BCUT2D eigenvalue weighted by Crippen LogP contribution is 2.25. The van der Waals surface area contributed by atoms with Crippen LogP contribution in [0.5, 0.6) is 0 Å². The number of nitrogens with one attached hydrogen (secondary N) is 2. The monoisotopic (exact) mass is 331 g/mol. The van der Waals surface area contributed by atoms with Crippen molar-refractivity contribution < 1.29 is 9.59 Å². The predicted octanol–water partition coefficient (Wildman–Crippen LogP) is 2.65. The Morgan fingerprint density at radius 2 is 1.58 bits per heavy atom. The molecule has 0 radical (unpaired) electrons. The molecule has 1 saturated heterocycles. The van der Waals surface area contributed by atoms with E-state index >= 15 is 0 Å². The van der Waals surface area contributed by atoms with Crippen molar-refractivity contribution in [3.63, 3.8) is 0 Å². The molecule has 2 N–H and O–H groups in total. The number of urea groups is 1. The molecule has 3 amide bonds. The predicted molar refractivity (Wildman–Crippen MR) is 96.2 cm³/mol. The Kier molecular flexibility index (Phi) is 5.52. The SMILES string of the molecule is Cc1c(C)c(C)c(CNC(=O)NC2CCC(=O)N(C)C2)c(C)c1C. The van der Waals surface area contributed by atoms with Gasteiger partial charge in [0, 0.05) is 32.6 Å². The molecule has 2 rings (SSSR count). The van der Waals surface area contributed by atoms with Gasteiger partial charge in [-0.15, -0.1) is 0 Å². The molecule has 1 aromatic rings. The maximum atomic E-state index is 12.2. The third-order valence-corrected chi connectivity index (χ3v) is 5.54. The molecule has 1 fully saturated rings. The molecule has 1 unspecified atom stereocenters. The molecule has 0 aliphatic carbocycles. The average Bonchev–Trinajstić information content (AvgIpc) is 2.54. The Bertz CT molecular complexity index is 638. The van der Waals surface area contributed by atoms with Gasteiger partial charge in [0.25, 0.3) is 0 Å². The molecule has 0 bridgehead atoms. The highest BCUT2D eigenvalue weighted by molar-refractivity contribution is 5.78. The molecular formula is C19H29N3O2. The van der Waals surface area contributed by atoms with Crippen LogP contribution in [0.15, 0.2) is 0 Å². The fourth-order valence-electron chi connectivity index (χ4n) is 3.38. The van der Waals surface area contributed by atoms with Crippen LogP contribution in [0.1, 0.15) is 46.2 Å². The Hall–Kier alpha value is -2.04. The minimum atomic E-state index is -0.169. The van der Waals surface area contributed by atoms with Gasteiger partial charge >= 0.3 is 6.03 Å². The lowest BCUT2D eigenvalue weighted by Gasteiger charge is -2.30. The van der Waals surface area contributed by atoms with Crippen LogP contribution in [-0.2, 0) is 11.3 Å². The number of carbonyl (C=O) groups excluding carboxylic acids is 2. The van der Waals surface area contributed by atoms with E-state index in [0.717, 1.165) is 0 Å². The largest absolute Gasteiger partial charge is 0.344 e. The molecule has 0 spiro atoms. The molecule has 1 heterocycles. The maximum Gasteiger partial charge on any atom is 0.315 e. The van der Waals surface area contributed by atoms with Gasteiger partial charge in [0.2, 0.25) is 5.91 Å². The molecule has 0 aromatic heterocycles. The van der Waals surface area contributed by atoms with Crippen molar-refractivity contribution in [2.24, 2.45) is 0 Å². The van der Waals surface area contributed by atoms with Crippen molar-refractivity contribution >= 4 is 11.9 Å². The number of piperidine rings is 1. The first kappa shape index (κ1) is 18.3. The van der Waals surface area contributed by atoms with E-state index in [1.165, 1.54) is 33.4 Å². The zero-order valence-corrected chi connectivity index (χ0v) is 15.7. The topological polar surface area (TPSA) is 61.4 Å². The average molecular weight is 331 g/mol. The van der Waals surface area contributed by atoms with E-state index in [9.17, 15) is 9.59 Å². The summed E-state index contributed by atoms with van der Waals surface area (Å²) >= 11 is 0. The van der Waals surface area contributed by atoms with E-state index in [0.29, 0.717) is 25.9 Å². The van der Waals surface area contributed by atoms with E-state index in [1.54, 1.807) is 11.9 Å². The van der Waals surface area contributed by atoms with Crippen molar-refractivity contribution in [2.45, 2.75) is 60.0 Å². The molecule has 1 aromatic carbocycles. The number of hydrogen-bond acceptors (Lipinski definition) is 2. The number of carbonyl (C=O) groups is 2. The van der Waals surface area contributed by atoms with Gasteiger partial charge in [-0.2, -0.15) is 0 Å². The first-order chi connectivity index (χ1) is 11.2. The number of benzene rings is 1. The van der Waals surface area contributed by atoms with E-state index < -0.39 is 0 Å². The normalized spacial score (nSPS) is 17.8. The number of likely N-dealkylation sites (N-methyl/N-ethyl adjacent to an activating group) is 1. The van der Waals surface area contributed by atoms with Gasteiger partial charge < -0.3 is 15.5 Å². The fraction of sp³-hybridized carbons (Fsp3) is 0.579. The van der Waals surface area contributed by atoms with Crippen LogP contribution in [0.3, 0.4) is 0 Å². The van der Waals surface area contributed by atoms with Crippen molar-refractivity contribution in [1.29, 1.82) is 0 Å². The summed E-state index contributed by atoms with van der Waals surface area (Å²) in [7, 11) is 1.78. The van der Waals surface area contributed by atoms with Crippen LogP contribution < -0.4 is 10.6 Å². The molecule has 1 atom stereocenters. The first-order valence-electron chi connectivity index (χ1n) is 8.56. The van der Waals surface area contributed by atoms with Crippen molar-refractivity contribution in [1.82, 2.24) is 15.5 Å². The summed E-state index contributed by atoms with van der Waals surface area (Å²) in [5.41, 5.74) is 7.61. The summed E-state index contributed by atoms with van der Waals surface area (Å²) in [5.74, 6) is 0.144. The summed E-state index contributed by atoms with van der Waals surface area (Å²) in [6, 6.07) is -0.145. The van der Waals surface area contributed by atoms with Gasteiger partial charge in [0.1, 0.15) is 0 Å². The fourth-order valence-corrected chi connectivity index (χ4v) is 3.38. The summed E-state index contributed by atoms with van der Waals surface area (Å²) in [4.78, 5) is 25.4. The van der Waals surface area contributed by atoms with Gasteiger partial charge in [-0.25, -0.2) is 4.79 Å². The van der Waals surface area contributed by atoms with Gasteiger partial charge in [-0.05, 0) is 74.4 Å². The van der Waals surface area contributed by atoms with E-state index in [1.807, 2.05) is 0 Å². The second-order valence-electron chi connectivity index (χ2n) is 6.94. The molecule has 1 aliphatic rings. The Morgan fingerprint density at radius 1 is 1.04 bits per heavy atom. The molecule has 24 heavy (non-hydrogen) atoms. The Labute approximate surface area is 144 Å².